The number of sulfonamides is 1. The Kier molecular flexibility index (Phi) is 5.28. The van der Waals surface area contributed by atoms with Crippen LogP contribution in [0.2, 0.25) is 0 Å². The third kappa shape index (κ3) is 3.83. The van der Waals surface area contributed by atoms with Crippen LogP contribution in [0.5, 0.6) is 0 Å². The number of halogens is 1. The van der Waals surface area contributed by atoms with E-state index in [4.69, 9.17) is 0 Å². The number of rotatable bonds is 5. The number of piperazine rings is 1. The summed E-state index contributed by atoms with van der Waals surface area (Å²) in [5, 5.41) is 0. The highest BCUT2D eigenvalue weighted by atomic mass is 32.2. The van der Waals surface area contributed by atoms with E-state index in [-0.39, 0.29) is 5.82 Å². The van der Waals surface area contributed by atoms with Gasteiger partial charge in [-0.05, 0) is 30.2 Å². The minimum atomic E-state index is -3.41. The first kappa shape index (κ1) is 17.1. The lowest BCUT2D eigenvalue weighted by Crippen LogP contribution is -2.49. The highest BCUT2D eigenvalue weighted by Gasteiger charge is 2.28. The molecule has 1 aliphatic rings. The van der Waals surface area contributed by atoms with E-state index < -0.39 is 10.0 Å². The van der Waals surface area contributed by atoms with Crippen LogP contribution in [0.3, 0.4) is 0 Å². The van der Waals surface area contributed by atoms with E-state index in [1.165, 1.54) is 10.4 Å². The van der Waals surface area contributed by atoms with Gasteiger partial charge in [0.25, 0.3) is 0 Å². The normalized spacial score (nSPS) is 17.0. The molecule has 0 radical (unpaired) electrons. The van der Waals surface area contributed by atoms with E-state index in [0.29, 0.717) is 43.1 Å². The molecule has 0 spiro atoms. The summed E-state index contributed by atoms with van der Waals surface area (Å²) < 4.78 is 40.3. The Morgan fingerprint density at radius 3 is 2.17 bits per heavy atom. The molecule has 0 atom stereocenters. The Bertz CT molecular complexity index is 773. The fourth-order valence-electron chi connectivity index (χ4n) is 2.91. The zero-order chi connectivity index (χ0) is 17.0. The van der Waals surface area contributed by atoms with Gasteiger partial charge in [0.2, 0.25) is 10.0 Å². The lowest BCUT2D eigenvalue weighted by Gasteiger charge is -2.34. The summed E-state index contributed by atoms with van der Waals surface area (Å²) in [7, 11) is -3.41. The van der Waals surface area contributed by atoms with Crippen LogP contribution < -0.4 is 0 Å². The van der Waals surface area contributed by atoms with Crippen LogP contribution in [0, 0.1) is 5.82 Å². The molecule has 1 heterocycles. The van der Waals surface area contributed by atoms with Crippen molar-refractivity contribution >= 4 is 10.0 Å². The molecule has 2 aromatic rings. The number of nitrogens with zero attached hydrogens (tertiary/aromatic N) is 2. The van der Waals surface area contributed by atoms with Crippen LogP contribution in [0.1, 0.15) is 5.56 Å². The topological polar surface area (TPSA) is 40.6 Å². The van der Waals surface area contributed by atoms with Gasteiger partial charge in [-0.1, -0.05) is 36.4 Å². The minimum absolute atomic E-state index is 0.178. The van der Waals surface area contributed by atoms with Gasteiger partial charge >= 0.3 is 0 Å². The van der Waals surface area contributed by atoms with E-state index in [9.17, 15) is 12.8 Å². The molecule has 1 aliphatic heterocycles. The molecule has 6 heteroatoms. The molecule has 1 fully saturated rings. The van der Waals surface area contributed by atoms with Crippen LogP contribution in [0.15, 0.2) is 59.5 Å². The molecule has 3 rings (SSSR count). The third-order valence-corrected chi connectivity index (χ3v) is 6.28. The minimum Gasteiger partial charge on any atom is -0.300 e. The standard InChI is InChI=1S/C18H21FN2O2S/c19-18-9-5-4-6-16(18)10-11-20-12-14-21(15-13-20)24(22,23)17-7-2-1-3-8-17/h1-9H,10-15H2. The molecule has 4 nitrogen and oxygen atoms in total. The molecule has 128 valence electrons. The summed E-state index contributed by atoms with van der Waals surface area (Å²) in [6, 6.07) is 15.3. The summed E-state index contributed by atoms with van der Waals surface area (Å²) >= 11 is 0. The highest BCUT2D eigenvalue weighted by Crippen LogP contribution is 2.17. The highest BCUT2D eigenvalue weighted by molar-refractivity contribution is 7.89. The van der Waals surface area contributed by atoms with Gasteiger partial charge < -0.3 is 4.90 Å². The van der Waals surface area contributed by atoms with Gasteiger partial charge in [-0.15, -0.1) is 0 Å². The molecule has 0 amide bonds. The SMILES string of the molecule is O=S(=O)(c1ccccc1)N1CCN(CCc2ccccc2F)CC1. The van der Waals surface area contributed by atoms with Crippen LogP contribution in [-0.4, -0.2) is 50.3 Å². The fourth-order valence-corrected chi connectivity index (χ4v) is 4.36. The van der Waals surface area contributed by atoms with Crippen molar-refractivity contribution < 1.29 is 12.8 Å². The van der Waals surface area contributed by atoms with Crippen molar-refractivity contribution in [3.63, 3.8) is 0 Å². The average molecular weight is 348 g/mol. The lowest BCUT2D eigenvalue weighted by molar-refractivity contribution is 0.190. The molecule has 2 aromatic carbocycles. The lowest BCUT2D eigenvalue weighted by atomic mass is 10.1. The first-order valence-corrected chi connectivity index (χ1v) is 9.52. The fraction of sp³-hybridized carbons (Fsp3) is 0.333. The largest absolute Gasteiger partial charge is 0.300 e. The molecule has 24 heavy (non-hydrogen) atoms. The second-order valence-corrected chi connectivity index (χ2v) is 7.84. The maximum Gasteiger partial charge on any atom is 0.243 e. The summed E-state index contributed by atoms with van der Waals surface area (Å²) in [6.45, 7) is 3.00. The summed E-state index contributed by atoms with van der Waals surface area (Å²) in [6.07, 6.45) is 0.637. The Morgan fingerprint density at radius 1 is 0.875 bits per heavy atom. The van der Waals surface area contributed by atoms with E-state index in [0.717, 1.165) is 6.54 Å². The second-order valence-electron chi connectivity index (χ2n) is 5.90. The van der Waals surface area contributed by atoms with E-state index >= 15 is 0 Å². The second kappa shape index (κ2) is 7.42. The van der Waals surface area contributed by atoms with Crippen molar-refractivity contribution in [1.29, 1.82) is 0 Å². The number of hydrogen-bond donors (Lipinski definition) is 0. The van der Waals surface area contributed by atoms with Gasteiger partial charge in [0.05, 0.1) is 4.90 Å². The molecule has 0 bridgehead atoms. The van der Waals surface area contributed by atoms with Crippen LogP contribution in [-0.2, 0) is 16.4 Å². The van der Waals surface area contributed by atoms with Gasteiger partial charge in [0.1, 0.15) is 5.82 Å². The Hall–Kier alpha value is -1.76. The van der Waals surface area contributed by atoms with Gasteiger partial charge in [-0.2, -0.15) is 4.31 Å². The molecule has 1 saturated heterocycles. The van der Waals surface area contributed by atoms with Crippen molar-refractivity contribution in [2.75, 3.05) is 32.7 Å². The van der Waals surface area contributed by atoms with Crippen LogP contribution >= 0.6 is 0 Å². The molecular weight excluding hydrogens is 327 g/mol. The van der Waals surface area contributed by atoms with Gasteiger partial charge in [-0.3, -0.25) is 0 Å². The summed E-state index contributed by atoms with van der Waals surface area (Å²) in [5.41, 5.74) is 0.705. The molecule has 0 N–H and O–H groups in total. The number of hydrogen-bond acceptors (Lipinski definition) is 3. The van der Waals surface area contributed by atoms with Crippen LogP contribution in [0.4, 0.5) is 4.39 Å². The zero-order valence-corrected chi connectivity index (χ0v) is 14.3. The average Bonchev–Trinajstić information content (AvgIpc) is 2.62. The van der Waals surface area contributed by atoms with E-state index in [2.05, 4.69) is 4.90 Å². The summed E-state index contributed by atoms with van der Waals surface area (Å²) in [4.78, 5) is 2.52. The third-order valence-electron chi connectivity index (χ3n) is 4.37. The number of benzene rings is 2. The van der Waals surface area contributed by atoms with Crippen molar-refractivity contribution in [1.82, 2.24) is 9.21 Å². The molecule has 0 saturated carbocycles. The van der Waals surface area contributed by atoms with Crippen molar-refractivity contribution in [3.8, 4) is 0 Å². The van der Waals surface area contributed by atoms with E-state index in [1.54, 1.807) is 42.5 Å². The molecule has 0 unspecified atom stereocenters. The monoisotopic (exact) mass is 348 g/mol. The van der Waals surface area contributed by atoms with Gasteiger partial charge in [0.15, 0.2) is 0 Å². The van der Waals surface area contributed by atoms with Gasteiger partial charge in [0, 0.05) is 32.7 Å². The first-order valence-electron chi connectivity index (χ1n) is 8.08. The summed E-state index contributed by atoms with van der Waals surface area (Å²) in [5.74, 6) is -0.178. The van der Waals surface area contributed by atoms with E-state index in [1.807, 2.05) is 6.07 Å². The maximum absolute atomic E-state index is 13.6. The zero-order valence-electron chi connectivity index (χ0n) is 13.4. The Morgan fingerprint density at radius 2 is 1.50 bits per heavy atom. The quantitative estimate of drug-likeness (QED) is 0.833. The van der Waals surface area contributed by atoms with Crippen LogP contribution in [0.25, 0.3) is 0 Å². The molecule has 0 aromatic heterocycles. The molecule has 0 aliphatic carbocycles. The first-order chi connectivity index (χ1) is 11.6. The van der Waals surface area contributed by atoms with Crippen molar-refractivity contribution in [2.24, 2.45) is 0 Å². The predicted molar refractivity (Wildman–Crippen MR) is 91.7 cm³/mol. The molecular formula is C18H21FN2O2S. The maximum atomic E-state index is 13.6. The Balaban J connectivity index is 1.55. The Labute approximate surface area is 142 Å². The smallest absolute Gasteiger partial charge is 0.243 e. The van der Waals surface area contributed by atoms with Gasteiger partial charge in [-0.25, -0.2) is 12.8 Å². The van der Waals surface area contributed by atoms with Crippen molar-refractivity contribution in [3.05, 3.63) is 66.0 Å². The van der Waals surface area contributed by atoms with Crippen molar-refractivity contribution in [2.45, 2.75) is 11.3 Å². The predicted octanol–water partition coefficient (Wildman–Crippen LogP) is 2.37.